The van der Waals surface area contributed by atoms with E-state index < -0.39 is 0 Å². The van der Waals surface area contributed by atoms with Crippen LogP contribution in [-0.2, 0) is 17.8 Å². The van der Waals surface area contributed by atoms with Crippen LogP contribution in [0.2, 0.25) is 0 Å². The zero-order valence-electron chi connectivity index (χ0n) is 14.9. The molecule has 0 bridgehead atoms. The van der Waals surface area contributed by atoms with Crippen molar-refractivity contribution in [2.24, 2.45) is 0 Å². The summed E-state index contributed by atoms with van der Waals surface area (Å²) >= 11 is 0. The van der Waals surface area contributed by atoms with Crippen LogP contribution >= 0.6 is 0 Å². The van der Waals surface area contributed by atoms with E-state index in [9.17, 15) is 9.59 Å². The normalized spacial score (nSPS) is 12.1. The standard InChI is InChI=1S/C20H21N3O3/c1-3-23(12-14-8-10-15(11-9-14)20(25)26-2)13-18-21-17-7-5-4-6-16(17)19(24)22-18/h4-11H,3,12-13H2,1-2H3,(H,21,22,24)/p+1. The highest BCUT2D eigenvalue weighted by Gasteiger charge is 2.13. The summed E-state index contributed by atoms with van der Waals surface area (Å²) in [6.45, 7) is 4.37. The lowest BCUT2D eigenvalue weighted by Gasteiger charge is -2.17. The zero-order chi connectivity index (χ0) is 18.5. The van der Waals surface area contributed by atoms with Crippen LogP contribution in [0.5, 0.6) is 0 Å². The van der Waals surface area contributed by atoms with E-state index in [0.29, 0.717) is 28.8 Å². The van der Waals surface area contributed by atoms with Gasteiger partial charge in [-0.3, -0.25) is 4.79 Å². The van der Waals surface area contributed by atoms with Crippen molar-refractivity contribution in [1.29, 1.82) is 0 Å². The number of aromatic amines is 1. The van der Waals surface area contributed by atoms with Gasteiger partial charge >= 0.3 is 5.97 Å². The number of H-pyrrole nitrogens is 1. The topological polar surface area (TPSA) is 76.5 Å². The Balaban J connectivity index is 1.75. The summed E-state index contributed by atoms with van der Waals surface area (Å²) in [6.07, 6.45) is 0. The van der Waals surface area contributed by atoms with E-state index in [4.69, 9.17) is 4.74 Å². The number of nitrogens with one attached hydrogen (secondary N) is 2. The van der Waals surface area contributed by atoms with Crippen LogP contribution in [0, 0.1) is 0 Å². The zero-order valence-corrected chi connectivity index (χ0v) is 14.9. The van der Waals surface area contributed by atoms with Gasteiger partial charge in [-0.05, 0) is 31.2 Å². The number of para-hydroxylation sites is 1. The summed E-state index contributed by atoms with van der Waals surface area (Å²) < 4.78 is 4.72. The highest BCUT2D eigenvalue weighted by Crippen LogP contribution is 2.06. The fourth-order valence-electron chi connectivity index (χ4n) is 2.93. The Morgan fingerprint density at radius 2 is 1.85 bits per heavy atom. The molecule has 26 heavy (non-hydrogen) atoms. The molecule has 1 aromatic heterocycles. The number of nitrogens with zero attached hydrogens (tertiary/aromatic N) is 1. The Labute approximate surface area is 151 Å². The van der Waals surface area contributed by atoms with Gasteiger partial charge in [-0.15, -0.1) is 0 Å². The molecule has 3 rings (SSSR count). The number of methoxy groups -OCH3 is 1. The Morgan fingerprint density at radius 3 is 2.54 bits per heavy atom. The predicted molar refractivity (Wildman–Crippen MR) is 99.1 cm³/mol. The third kappa shape index (κ3) is 3.97. The SMILES string of the molecule is CC[NH+](Cc1ccc(C(=O)OC)cc1)Cc1nc2ccccc2c(=O)[nH]1. The second-order valence-electron chi connectivity index (χ2n) is 6.18. The molecule has 0 fully saturated rings. The summed E-state index contributed by atoms with van der Waals surface area (Å²) in [5, 5.41) is 0.604. The van der Waals surface area contributed by atoms with E-state index in [1.54, 1.807) is 18.2 Å². The fourth-order valence-corrected chi connectivity index (χ4v) is 2.93. The molecule has 0 aliphatic rings. The Hall–Kier alpha value is -2.99. The lowest BCUT2D eigenvalue weighted by atomic mass is 10.1. The summed E-state index contributed by atoms with van der Waals surface area (Å²) in [4.78, 5) is 32.4. The molecule has 0 amide bonds. The molecule has 2 N–H and O–H groups in total. The summed E-state index contributed by atoms with van der Waals surface area (Å²) in [7, 11) is 1.37. The minimum atomic E-state index is -0.339. The molecule has 2 aromatic carbocycles. The average molecular weight is 352 g/mol. The van der Waals surface area contributed by atoms with E-state index in [1.807, 2.05) is 30.3 Å². The van der Waals surface area contributed by atoms with Gasteiger partial charge in [0.15, 0.2) is 5.82 Å². The van der Waals surface area contributed by atoms with Crippen LogP contribution in [-0.4, -0.2) is 29.6 Å². The first-order valence-electron chi connectivity index (χ1n) is 8.59. The van der Waals surface area contributed by atoms with Gasteiger partial charge < -0.3 is 14.6 Å². The number of fused-ring (bicyclic) bond motifs is 1. The number of hydrogen-bond donors (Lipinski definition) is 2. The maximum atomic E-state index is 12.2. The fraction of sp³-hybridized carbons (Fsp3) is 0.250. The molecule has 6 heteroatoms. The van der Waals surface area contributed by atoms with Crippen molar-refractivity contribution >= 4 is 16.9 Å². The van der Waals surface area contributed by atoms with Gasteiger partial charge in [0, 0.05) is 5.56 Å². The number of benzene rings is 2. The number of carbonyl (C=O) groups excluding carboxylic acids is 1. The van der Waals surface area contributed by atoms with Crippen molar-refractivity contribution in [1.82, 2.24) is 9.97 Å². The number of aromatic nitrogens is 2. The van der Waals surface area contributed by atoms with Crippen molar-refractivity contribution in [2.75, 3.05) is 13.7 Å². The van der Waals surface area contributed by atoms with Gasteiger partial charge in [-0.25, -0.2) is 9.78 Å². The predicted octanol–water partition coefficient (Wildman–Crippen LogP) is 1.31. The van der Waals surface area contributed by atoms with Gasteiger partial charge in [-0.1, -0.05) is 24.3 Å². The quantitative estimate of drug-likeness (QED) is 0.656. The van der Waals surface area contributed by atoms with Crippen LogP contribution in [0.25, 0.3) is 10.9 Å². The lowest BCUT2D eigenvalue weighted by molar-refractivity contribution is -0.926. The maximum Gasteiger partial charge on any atom is 0.337 e. The largest absolute Gasteiger partial charge is 0.465 e. The molecular formula is C20H22N3O3+. The van der Waals surface area contributed by atoms with Gasteiger partial charge in [0.2, 0.25) is 0 Å². The number of quaternary nitrogens is 1. The molecule has 0 saturated carbocycles. The molecule has 134 valence electrons. The smallest absolute Gasteiger partial charge is 0.337 e. The Bertz CT molecular complexity index is 964. The molecule has 1 atom stereocenters. The maximum absolute atomic E-state index is 12.2. The van der Waals surface area contributed by atoms with Crippen molar-refractivity contribution in [3.8, 4) is 0 Å². The first-order chi connectivity index (χ1) is 12.6. The number of ether oxygens (including phenoxy) is 1. The van der Waals surface area contributed by atoms with Gasteiger partial charge in [0.25, 0.3) is 5.56 Å². The minimum Gasteiger partial charge on any atom is -0.465 e. The monoisotopic (exact) mass is 352 g/mol. The third-order valence-corrected chi connectivity index (χ3v) is 4.41. The van der Waals surface area contributed by atoms with Crippen LogP contribution in [0.1, 0.15) is 28.7 Å². The number of esters is 1. The summed E-state index contributed by atoms with van der Waals surface area (Å²) in [5.41, 5.74) is 2.25. The van der Waals surface area contributed by atoms with Crippen molar-refractivity contribution < 1.29 is 14.4 Å². The van der Waals surface area contributed by atoms with E-state index in [0.717, 1.165) is 18.7 Å². The summed E-state index contributed by atoms with van der Waals surface area (Å²) in [5.74, 6) is 0.339. The van der Waals surface area contributed by atoms with E-state index in [2.05, 4.69) is 16.9 Å². The molecule has 0 spiro atoms. The second-order valence-corrected chi connectivity index (χ2v) is 6.18. The van der Waals surface area contributed by atoms with Crippen molar-refractivity contribution in [3.63, 3.8) is 0 Å². The average Bonchev–Trinajstić information content (AvgIpc) is 2.67. The van der Waals surface area contributed by atoms with Crippen molar-refractivity contribution in [3.05, 3.63) is 75.8 Å². The highest BCUT2D eigenvalue weighted by atomic mass is 16.5. The molecule has 3 aromatic rings. The third-order valence-electron chi connectivity index (χ3n) is 4.41. The number of rotatable bonds is 6. The molecule has 1 unspecified atom stereocenters. The summed E-state index contributed by atoms with van der Waals surface area (Å²) in [6, 6.07) is 14.7. The second kappa shape index (κ2) is 7.93. The van der Waals surface area contributed by atoms with Crippen LogP contribution in [0.15, 0.2) is 53.3 Å². The van der Waals surface area contributed by atoms with E-state index in [1.165, 1.54) is 12.0 Å². The van der Waals surface area contributed by atoms with E-state index >= 15 is 0 Å². The molecule has 0 radical (unpaired) electrons. The number of hydrogen-bond acceptors (Lipinski definition) is 4. The minimum absolute atomic E-state index is 0.108. The first-order valence-corrected chi connectivity index (χ1v) is 8.59. The molecule has 0 aliphatic heterocycles. The first kappa shape index (κ1) is 17.8. The molecular weight excluding hydrogens is 330 g/mol. The lowest BCUT2D eigenvalue weighted by Crippen LogP contribution is -3.09. The molecule has 0 saturated heterocycles. The Kier molecular flexibility index (Phi) is 5.43. The van der Waals surface area contributed by atoms with E-state index in [-0.39, 0.29) is 11.5 Å². The molecule has 1 heterocycles. The van der Waals surface area contributed by atoms with Crippen LogP contribution in [0.3, 0.4) is 0 Å². The van der Waals surface area contributed by atoms with Gasteiger partial charge in [0.05, 0.1) is 30.1 Å². The molecule has 6 nitrogen and oxygen atoms in total. The highest BCUT2D eigenvalue weighted by molar-refractivity contribution is 5.89. The Morgan fingerprint density at radius 1 is 1.12 bits per heavy atom. The van der Waals surface area contributed by atoms with Crippen LogP contribution in [0.4, 0.5) is 0 Å². The van der Waals surface area contributed by atoms with Gasteiger partial charge in [0.1, 0.15) is 13.1 Å². The molecule has 0 aliphatic carbocycles. The van der Waals surface area contributed by atoms with Crippen LogP contribution < -0.4 is 10.5 Å². The van der Waals surface area contributed by atoms with Crippen molar-refractivity contribution in [2.45, 2.75) is 20.0 Å². The van der Waals surface area contributed by atoms with Gasteiger partial charge in [-0.2, -0.15) is 0 Å². The number of carbonyl (C=O) groups is 1.